The molecule has 23 heavy (non-hydrogen) atoms. The molecule has 0 unspecified atom stereocenters. The SMILES string of the molecule is CC[C@@H](CO)NC(=O)C1CCC(NC(=O)c2ccncc2)CC1. The Morgan fingerprint density at radius 3 is 2.48 bits per heavy atom. The highest BCUT2D eigenvalue weighted by atomic mass is 16.3. The molecule has 1 fully saturated rings. The summed E-state index contributed by atoms with van der Waals surface area (Å²) in [7, 11) is 0. The van der Waals surface area contributed by atoms with Crippen LogP contribution in [0.2, 0.25) is 0 Å². The highest BCUT2D eigenvalue weighted by molar-refractivity contribution is 5.94. The predicted octanol–water partition coefficient (Wildman–Crippen LogP) is 1.26. The molecule has 0 radical (unpaired) electrons. The van der Waals surface area contributed by atoms with E-state index in [-0.39, 0.29) is 36.4 Å². The number of aliphatic hydroxyl groups is 1. The molecule has 1 heterocycles. The molecular formula is C17H25N3O3. The lowest BCUT2D eigenvalue weighted by molar-refractivity contribution is -0.127. The molecule has 2 rings (SSSR count). The first-order valence-electron chi connectivity index (χ1n) is 8.26. The number of aliphatic hydroxyl groups excluding tert-OH is 1. The number of pyridine rings is 1. The quantitative estimate of drug-likeness (QED) is 0.736. The van der Waals surface area contributed by atoms with E-state index in [0.717, 1.165) is 32.1 Å². The second-order valence-electron chi connectivity index (χ2n) is 6.05. The van der Waals surface area contributed by atoms with Crippen molar-refractivity contribution in [2.75, 3.05) is 6.61 Å². The van der Waals surface area contributed by atoms with Gasteiger partial charge < -0.3 is 15.7 Å². The lowest BCUT2D eigenvalue weighted by Gasteiger charge is -2.29. The van der Waals surface area contributed by atoms with Crippen LogP contribution >= 0.6 is 0 Å². The number of carbonyl (C=O) groups is 2. The highest BCUT2D eigenvalue weighted by Gasteiger charge is 2.28. The van der Waals surface area contributed by atoms with Crippen LogP contribution in [-0.4, -0.2) is 40.6 Å². The summed E-state index contributed by atoms with van der Waals surface area (Å²) in [6.45, 7) is 1.91. The zero-order valence-electron chi connectivity index (χ0n) is 13.5. The summed E-state index contributed by atoms with van der Waals surface area (Å²) in [5, 5.41) is 15.1. The molecule has 6 heteroatoms. The number of nitrogens with zero attached hydrogens (tertiary/aromatic N) is 1. The fourth-order valence-electron chi connectivity index (χ4n) is 2.87. The summed E-state index contributed by atoms with van der Waals surface area (Å²) in [6, 6.07) is 3.33. The average Bonchev–Trinajstić information content (AvgIpc) is 2.60. The molecule has 0 spiro atoms. The third-order valence-corrected chi connectivity index (χ3v) is 4.44. The smallest absolute Gasteiger partial charge is 0.251 e. The molecule has 0 bridgehead atoms. The Morgan fingerprint density at radius 2 is 1.91 bits per heavy atom. The van der Waals surface area contributed by atoms with Crippen molar-refractivity contribution in [1.29, 1.82) is 0 Å². The van der Waals surface area contributed by atoms with Crippen LogP contribution in [0.15, 0.2) is 24.5 Å². The van der Waals surface area contributed by atoms with Gasteiger partial charge in [-0.3, -0.25) is 14.6 Å². The first-order valence-corrected chi connectivity index (χ1v) is 8.26. The summed E-state index contributed by atoms with van der Waals surface area (Å²) in [5.41, 5.74) is 0.605. The van der Waals surface area contributed by atoms with Crippen LogP contribution in [0.3, 0.4) is 0 Å². The largest absolute Gasteiger partial charge is 0.394 e. The van der Waals surface area contributed by atoms with E-state index in [9.17, 15) is 9.59 Å². The molecule has 3 N–H and O–H groups in total. The van der Waals surface area contributed by atoms with Crippen molar-refractivity contribution >= 4 is 11.8 Å². The number of amides is 2. The molecule has 0 aromatic carbocycles. The summed E-state index contributed by atoms with van der Waals surface area (Å²) in [5.74, 6) is -0.0962. The molecule has 1 aliphatic carbocycles. The van der Waals surface area contributed by atoms with Gasteiger partial charge in [-0.1, -0.05) is 6.92 Å². The number of hydrogen-bond donors (Lipinski definition) is 3. The zero-order valence-corrected chi connectivity index (χ0v) is 13.5. The van der Waals surface area contributed by atoms with Gasteiger partial charge in [0, 0.05) is 29.9 Å². The van der Waals surface area contributed by atoms with E-state index in [1.54, 1.807) is 24.5 Å². The average molecular weight is 319 g/mol. The van der Waals surface area contributed by atoms with Crippen molar-refractivity contribution in [3.63, 3.8) is 0 Å². The third-order valence-electron chi connectivity index (χ3n) is 4.44. The van der Waals surface area contributed by atoms with E-state index >= 15 is 0 Å². The van der Waals surface area contributed by atoms with E-state index in [1.807, 2.05) is 6.92 Å². The fraction of sp³-hybridized carbons (Fsp3) is 0.588. The van der Waals surface area contributed by atoms with E-state index in [2.05, 4.69) is 15.6 Å². The van der Waals surface area contributed by atoms with Crippen LogP contribution in [0.5, 0.6) is 0 Å². The van der Waals surface area contributed by atoms with E-state index < -0.39 is 0 Å². The molecule has 1 aromatic heterocycles. The monoisotopic (exact) mass is 319 g/mol. The topological polar surface area (TPSA) is 91.3 Å². The molecule has 126 valence electrons. The number of hydrogen-bond acceptors (Lipinski definition) is 4. The number of nitrogens with one attached hydrogen (secondary N) is 2. The molecule has 1 aliphatic rings. The predicted molar refractivity (Wildman–Crippen MR) is 86.8 cm³/mol. The van der Waals surface area contributed by atoms with Crippen molar-refractivity contribution < 1.29 is 14.7 Å². The Balaban J connectivity index is 1.77. The van der Waals surface area contributed by atoms with Crippen LogP contribution in [0.25, 0.3) is 0 Å². The Hall–Kier alpha value is -1.95. The maximum Gasteiger partial charge on any atom is 0.251 e. The Morgan fingerprint density at radius 1 is 1.26 bits per heavy atom. The minimum atomic E-state index is -0.161. The second-order valence-corrected chi connectivity index (χ2v) is 6.05. The number of carbonyl (C=O) groups excluding carboxylic acids is 2. The van der Waals surface area contributed by atoms with Gasteiger partial charge in [0.15, 0.2) is 0 Å². The molecule has 0 aliphatic heterocycles. The third kappa shape index (κ3) is 5.03. The molecule has 0 saturated heterocycles. The van der Waals surface area contributed by atoms with Gasteiger partial charge in [-0.25, -0.2) is 0 Å². The van der Waals surface area contributed by atoms with Gasteiger partial charge in [-0.15, -0.1) is 0 Å². The van der Waals surface area contributed by atoms with Crippen molar-refractivity contribution in [3.8, 4) is 0 Å². The molecule has 1 saturated carbocycles. The molecule has 2 amide bonds. The minimum Gasteiger partial charge on any atom is -0.394 e. The van der Waals surface area contributed by atoms with Crippen molar-refractivity contribution in [2.24, 2.45) is 5.92 Å². The lowest BCUT2D eigenvalue weighted by atomic mass is 9.85. The maximum atomic E-state index is 12.2. The second kappa shape index (κ2) is 8.62. The zero-order chi connectivity index (χ0) is 16.7. The molecule has 6 nitrogen and oxygen atoms in total. The van der Waals surface area contributed by atoms with Crippen molar-refractivity contribution in [2.45, 2.75) is 51.1 Å². The van der Waals surface area contributed by atoms with E-state index in [0.29, 0.717) is 5.56 Å². The first-order chi connectivity index (χ1) is 11.1. The maximum absolute atomic E-state index is 12.2. The summed E-state index contributed by atoms with van der Waals surface area (Å²) < 4.78 is 0. The molecular weight excluding hydrogens is 294 g/mol. The van der Waals surface area contributed by atoms with E-state index in [4.69, 9.17) is 5.11 Å². The van der Waals surface area contributed by atoms with Crippen LogP contribution in [-0.2, 0) is 4.79 Å². The van der Waals surface area contributed by atoms with Gasteiger partial charge >= 0.3 is 0 Å². The standard InChI is InChI=1S/C17H25N3O3/c1-2-14(11-21)19-16(22)12-3-5-15(6-4-12)20-17(23)13-7-9-18-10-8-13/h7-10,12,14-15,21H,2-6,11H2,1H3,(H,19,22)(H,20,23)/t12?,14-,15?/m0/s1. The van der Waals surface area contributed by atoms with Gasteiger partial charge in [0.1, 0.15) is 0 Å². The van der Waals surface area contributed by atoms with Crippen LogP contribution in [0.4, 0.5) is 0 Å². The van der Waals surface area contributed by atoms with Crippen molar-refractivity contribution in [3.05, 3.63) is 30.1 Å². The highest BCUT2D eigenvalue weighted by Crippen LogP contribution is 2.25. The van der Waals surface area contributed by atoms with Gasteiger partial charge in [-0.05, 0) is 44.2 Å². The van der Waals surface area contributed by atoms with Crippen molar-refractivity contribution in [1.82, 2.24) is 15.6 Å². The Kier molecular flexibility index (Phi) is 6.52. The number of rotatable bonds is 6. The van der Waals surface area contributed by atoms with Gasteiger partial charge in [0.2, 0.25) is 5.91 Å². The summed E-state index contributed by atoms with van der Waals surface area (Å²) >= 11 is 0. The van der Waals surface area contributed by atoms with Gasteiger partial charge in [0.05, 0.1) is 12.6 Å². The van der Waals surface area contributed by atoms with Crippen LogP contribution in [0, 0.1) is 5.92 Å². The lowest BCUT2D eigenvalue weighted by Crippen LogP contribution is -2.44. The van der Waals surface area contributed by atoms with Gasteiger partial charge in [0.25, 0.3) is 5.91 Å². The normalized spacial score (nSPS) is 22.2. The Labute approximate surface area is 136 Å². The van der Waals surface area contributed by atoms with E-state index in [1.165, 1.54) is 0 Å². The molecule has 1 aromatic rings. The minimum absolute atomic E-state index is 0.0183. The summed E-state index contributed by atoms with van der Waals surface area (Å²) in [4.78, 5) is 28.2. The first kappa shape index (κ1) is 17.4. The molecule has 1 atom stereocenters. The summed E-state index contributed by atoms with van der Waals surface area (Å²) in [6.07, 6.45) is 7.03. The van der Waals surface area contributed by atoms with Crippen LogP contribution < -0.4 is 10.6 Å². The number of aromatic nitrogens is 1. The van der Waals surface area contributed by atoms with Gasteiger partial charge in [-0.2, -0.15) is 0 Å². The fourth-order valence-corrected chi connectivity index (χ4v) is 2.87. The Bertz CT molecular complexity index is 509. The van der Waals surface area contributed by atoms with Crippen LogP contribution in [0.1, 0.15) is 49.4 Å².